The second kappa shape index (κ2) is 6.48. The van der Waals surface area contributed by atoms with Crippen LogP contribution in [0.1, 0.15) is 44.3 Å². The summed E-state index contributed by atoms with van der Waals surface area (Å²) in [4.78, 5) is 10.6. The zero-order valence-electron chi connectivity index (χ0n) is 12.0. The normalized spacial score (nSPS) is 12.6. The van der Waals surface area contributed by atoms with Gasteiger partial charge in [-0.15, -0.1) is 22.7 Å². The van der Waals surface area contributed by atoms with Gasteiger partial charge in [0.25, 0.3) is 0 Å². The fraction of sp³-hybridized carbons (Fsp3) is 0.571. The van der Waals surface area contributed by atoms with E-state index in [2.05, 4.69) is 43.4 Å². The van der Waals surface area contributed by atoms with E-state index in [1.54, 1.807) is 22.7 Å². The van der Waals surface area contributed by atoms with Crippen molar-refractivity contribution in [3.8, 4) is 10.6 Å². The molecule has 1 atom stereocenters. The van der Waals surface area contributed by atoms with E-state index in [0.717, 1.165) is 35.1 Å². The fourth-order valence-electron chi connectivity index (χ4n) is 1.83. The first-order valence-electron chi connectivity index (χ1n) is 6.82. The summed E-state index contributed by atoms with van der Waals surface area (Å²) in [6.45, 7) is 8.62. The van der Waals surface area contributed by atoms with E-state index >= 15 is 0 Å². The van der Waals surface area contributed by atoms with Gasteiger partial charge in [-0.25, -0.2) is 9.97 Å². The maximum atomic E-state index is 4.70. The number of hydrogen-bond acceptors (Lipinski definition) is 5. The first kappa shape index (κ1) is 14.5. The van der Waals surface area contributed by atoms with Gasteiger partial charge in [0.05, 0.1) is 21.3 Å². The van der Waals surface area contributed by atoms with Crippen molar-refractivity contribution in [2.24, 2.45) is 0 Å². The molecule has 0 saturated heterocycles. The third-order valence-electron chi connectivity index (χ3n) is 3.01. The number of aromatic nitrogens is 2. The van der Waals surface area contributed by atoms with E-state index in [9.17, 15) is 0 Å². The van der Waals surface area contributed by atoms with Crippen LogP contribution in [0.3, 0.4) is 0 Å². The number of nitrogens with one attached hydrogen (secondary N) is 1. The van der Waals surface area contributed by atoms with Gasteiger partial charge in [-0.2, -0.15) is 0 Å². The first-order valence-corrected chi connectivity index (χ1v) is 8.52. The summed E-state index contributed by atoms with van der Waals surface area (Å²) in [6.07, 6.45) is 3.26. The molecular weight excluding hydrogens is 274 g/mol. The van der Waals surface area contributed by atoms with Crippen molar-refractivity contribution in [1.82, 2.24) is 9.97 Å². The van der Waals surface area contributed by atoms with Crippen LogP contribution in [0.25, 0.3) is 10.6 Å². The van der Waals surface area contributed by atoms with Crippen molar-refractivity contribution < 1.29 is 0 Å². The molecule has 0 aromatic carbocycles. The fourth-order valence-corrected chi connectivity index (χ4v) is 3.65. The summed E-state index contributed by atoms with van der Waals surface area (Å²) in [5.74, 6) is 0. The Bertz CT molecular complexity index is 531. The van der Waals surface area contributed by atoms with Crippen LogP contribution >= 0.6 is 22.7 Å². The Kier molecular flexibility index (Phi) is 4.93. The lowest BCUT2D eigenvalue weighted by Gasteiger charge is -2.08. The predicted octanol–water partition coefficient (Wildman–Crippen LogP) is 4.74. The van der Waals surface area contributed by atoms with Crippen molar-refractivity contribution in [1.29, 1.82) is 0 Å². The number of thiazole rings is 2. The van der Waals surface area contributed by atoms with Crippen LogP contribution in [0.5, 0.6) is 0 Å². The van der Waals surface area contributed by atoms with Gasteiger partial charge in [-0.1, -0.05) is 20.3 Å². The molecule has 19 heavy (non-hydrogen) atoms. The third kappa shape index (κ3) is 3.54. The summed E-state index contributed by atoms with van der Waals surface area (Å²) in [7, 11) is 0. The summed E-state index contributed by atoms with van der Waals surface area (Å²) < 4.78 is 0. The molecule has 1 N–H and O–H groups in total. The Morgan fingerprint density at radius 1 is 1.32 bits per heavy atom. The Labute approximate surface area is 123 Å². The van der Waals surface area contributed by atoms with Crippen LogP contribution < -0.4 is 5.32 Å². The Morgan fingerprint density at radius 2 is 2.11 bits per heavy atom. The highest BCUT2D eigenvalue weighted by Crippen LogP contribution is 2.33. The molecule has 0 amide bonds. The van der Waals surface area contributed by atoms with Gasteiger partial charge in [0.2, 0.25) is 0 Å². The smallest absolute Gasteiger partial charge is 0.183 e. The van der Waals surface area contributed by atoms with Crippen LogP contribution in [-0.2, 0) is 6.42 Å². The third-order valence-corrected chi connectivity index (χ3v) is 4.82. The van der Waals surface area contributed by atoms with E-state index < -0.39 is 0 Å². The Hall–Kier alpha value is -0.940. The summed E-state index contributed by atoms with van der Waals surface area (Å²) >= 11 is 3.43. The number of anilines is 1. The molecule has 104 valence electrons. The highest BCUT2D eigenvalue weighted by molar-refractivity contribution is 7.16. The Morgan fingerprint density at radius 3 is 2.79 bits per heavy atom. The number of aryl methyl sites for hydroxylation is 2. The SMILES string of the molecule is CCCc1nc(C)sc1-c1csc(NC(C)CC)n1. The molecule has 2 aromatic heterocycles. The highest BCUT2D eigenvalue weighted by atomic mass is 32.1. The minimum Gasteiger partial charge on any atom is -0.359 e. The van der Waals surface area contributed by atoms with Crippen molar-refractivity contribution >= 4 is 27.8 Å². The molecule has 2 rings (SSSR count). The molecule has 1 unspecified atom stereocenters. The van der Waals surface area contributed by atoms with E-state index in [1.807, 2.05) is 0 Å². The van der Waals surface area contributed by atoms with E-state index in [4.69, 9.17) is 4.98 Å². The summed E-state index contributed by atoms with van der Waals surface area (Å²) in [5.41, 5.74) is 2.27. The van der Waals surface area contributed by atoms with Crippen molar-refractivity contribution in [2.45, 2.75) is 53.0 Å². The standard InChI is InChI=1S/C14H21N3S2/c1-5-7-11-13(19-10(4)16-11)12-8-18-14(17-12)15-9(3)6-2/h8-9H,5-7H2,1-4H3,(H,15,17). The molecule has 3 nitrogen and oxygen atoms in total. The molecule has 0 aliphatic carbocycles. The van der Waals surface area contributed by atoms with E-state index in [1.165, 1.54) is 10.6 Å². The lowest BCUT2D eigenvalue weighted by Crippen LogP contribution is -2.12. The van der Waals surface area contributed by atoms with Gasteiger partial charge in [-0.3, -0.25) is 0 Å². The van der Waals surface area contributed by atoms with Gasteiger partial charge < -0.3 is 5.32 Å². The molecular formula is C14H21N3S2. The predicted molar refractivity (Wildman–Crippen MR) is 85.3 cm³/mol. The minimum atomic E-state index is 0.470. The van der Waals surface area contributed by atoms with E-state index in [-0.39, 0.29) is 0 Å². The summed E-state index contributed by atoms with van der Waals surface area (Å²) in [6, 6.07) is 0.470. The van der Waals surface area contributed by atoms with Crippen LogP contribution in [0.4, 0.5) is 5.13 Å². The van der Waals surface area contributed by atoms with Crippen molar-refractivity contribution in [3.05, 3.63) is 16.1 Å². The zero-order valence-corrected chi connectivity index (χ0v) is 13.6. The average molecular weight is 295 g/mol. The first-order chi connectivity index (χ1) is 9.13. The molecule has 0 aliphatic heterocycles. The number of rotatable bonds is 6. The lowest BCUT2D eigenvalue weighted by atomic mass is 10.2. The molecule has 0 radical (unpaired) electrons. The van der Waals surface area contributed by atoms with Gasteiger partial charge >= 0.3 is 0 Å². The molecule has 2 heterocycles. The van der Waals surface area contributed by atoms with Gasteiger partial charge in [0.1, 0.15) is 0 Å². The Balaban J connectivity index is 2.22. The molecule has 0 saturated carbocycles. The molecule has 0 fully saturated rings. The monoisotopic (exact) mass is 295 g/mol. The van der Waals surface area contributed by atoms with Crippen LogP contribution in [0.15, 0.2) is 5.38 Å². The maximum Gasteiger partial charge on any atom is 0.183 e. The van der Waals surface area contributed by atoms with Crippen molar-refractivity contribution in [2.75, 3.05) is 5.32 Å². The second-order valence-corrected chi connectivity index (χ2v) is 6.81. The van der Waals surface area contributed by atoms with Gasteiger partial charge in [0.15, 0.2) is 5.13 Å². The van der Waals surface area contributed by atoms with Gasteiger partial charge in [0, 0.05) is 11.4 Å². The number of nitrogens with zero attached hydrogens (tertiary/aromatic N) is 2. The average Bonchev–Trinajstić information content (AvgIpc) is 2.96. The summed E-state index contributed by atoms with van der Waals surface area (Å²) in [5, 5.41) is 7.71. The quantitative estimate of drug-likeness (QED) is 0.836. The highest BCUT2D eigenvalue weighted by Gasteiger charge is 2.14. The molecule has 0 aliphatic rings. The van der Waals surface area contributed by atoms with Gasteiger partial charge in [-0.05, 0) is 26.7 Å². The topological polar surface area (TPSA) is 37.8 Å². The lowest BCUT2D eigenvalue weighted by molar-refractivity contribution is 0.763. The zero-order chi connectivity index (χ0) is 13.8. The van der Waals surface area contributed by atoms with Crippen LogP contribution in [-0.4, -0.2) is 16.0 Å². The van der Waals surface area contributed by atoms with Crippen molar-refractivity contribution in [3.63, 3.8) is 0 Å². The van der Waals surface area contributed by atoms with E-state index in [0.29, 0.717) is 6.04 Å². The second-order valence-electron chi connectivity index (χ2n) is 4.75. The molecule has 0 bridgehead atoms. The minimum absolute atomic E-state index is 0.470. The molecule has 0 spiro atoms. The number of hydrogen-bond donors (Lipinski definition) is 1. The molecule has 2 aromatic rings. The maximum absolute atomic E-state index is 4.70. The van der Waals surface area contributed by atoms with Crippen LogP contribution in [0.2, 0.25) is 0 Å². The molecule has 5 heteroatoms. The van der Waals surface area contributed by atoms with Crippen LogP contribution in [0, 0.1) is 6.92 Å². The largest absolute Gasteiger partial charge is 0.359 e.